The van der Waals surface area contributed by atoms with E-state index < -0.39 is 0 Å². The molecule has 88 valence electrons. The summed E-state index contributed by atoms with van der Waals surface area (Å²) < 4.78 is 0. The van der Waals surface area contributed by atoms with Crippen molar-refractivity contribution in [3.63, 3.8) is 0 Å². The standard InChI is InChI=1S/C13H15N3O/c1-8(2)13-15-11(6-12(17)16-13)10-5-4-9(3)14-7-10/h4-8H,1-3H3,(H,15,16,17). The molecule has 1 N–H and O–H groups in total. The van der Waals surface area contributed by atoms with Crippen LogP contribution in [0.2, 0.25) is 0 Å². The van der Waals surface area contributed by atoms with Crippen LogP contribution < -0.4 is 5.56 Å². The van der Waals surface area contributed by atoms with Gasteiger partial charge in [0, 0.05) is 29.4 Å². The number of nitrogens with zero attached hydrogens (tertiary/aromatic N) is 2. The molecule has 2 aromatic rings. The van der Waals surface area contributed by atoms with E-state index in [9.17, 15) is 4.79 Å². The van der Waals surface area contributed by atoms with Gasteiger partial charge >= 0.3 is 0 Å². The first-order valence-corrected chi connectivity index (χ1v) is 5.60. The van der Waals surface area contributed by atoms with Crippen LogP contribution in [-0.2, 0) is 0 Å². The summed E-state index contributed by atoms with van der Waals surface area (Å²) in [6.07, 6.45) is 1.74. The quantitative estimate of drug-likeness (QED) is 0.859. The van der Waals surface area contributed by atoms with Crippen LogP contribution in [0.3, 0.4) is 0 Å². The van der Waals surface area contributed by atoms with E-state index in [-0.39, 0.29) is 11.5 Å². The Morgan fingerprint density at radius 3 is 2.65 bits per heavy atom. The Hall–Kier alpha value is -1.97. The minimum atomic E-state index is -0.126. The monoisotopic (exact) mass is 229 g/mol. The van der Waals surface area contributed by atoms with Crippen molar-refractivity contribution in [3.05, 3.63) is 46.3 Å². The van der Waals surface area contributed by atoms with Crippen LogP contribution in [-0.4, -0.2) is 15.0 Å². The number of hydrogen-bond donors (Lipinski definition) is 1. The van der Waals surface area contributed by atoms with Crippen molar-refractivity contribution in [2.75, 3.05) is 0 Å². The highest BCUT2D eigenvalue weighted by molar-refractivity contribution is 5.57. The number of aromatic nitrogens is 3. The highest BCUT2D eigenvalue weighted by Crippen LogP contribution is 2.16. The first-order valence-electron chi connectivity index (χ1n) is 5.60. The van der Waals surface area contributed by atoms with Gasteiger partial charge in [-0.05, 0) is 19.1 Å². The van der Waals surface area contributed by atoms with Crippen LogP contribution in [0.25, 0.3) is 11.3 Å². The van der Waals surface area contributed by atoms with Crippen molar-refractivity contribution in [3.8, 4) is 11.3 Å². The summed E-state index contributed by atoms with van der Waals surface area (Å²) in [6.45, 7) is 5.92. The molecule has 0 aliphatic rings. The van der Waals surface area contributed by atoms with Crippen molar-refractivity contribution >= 4 is 0 Å². The highest BCUT2D eigenvalue weighted by atomic mass is 16.1. The Bertz CT molecular complexity index is 570. The molecule has 17 heavy (non-hydrogen) atoms. The summed E-state index contributed by atoms with van der Waals surface area (Å²) in [5, 5.41) is 0. The van der Waals surface area contributed by atoms with E-state index in [1.54, 1.807) is 6.20 Å². The van der Waals surface area contributed by atoms with Gasteiger partial charge in [0.15, 0.2) is 0 Å². The maximum absolute atomic E-state index is 11.5. The molecule has 0 saturated carbocycles. The summed E-state index contributed by atoms with van der Waals surface area (Å²) >= 11 is 0. The maximum Gasteiger partial charge on any atom is 0.251 e. The van der Waals surface area contributed by atoms with Crippen LogP contribution >= 0.6 is 0 Å². The number of aromatic amines is 1. The second kappa shape index (κ2) is 4.49. The fraction of sp³-hybridized carbons (Fsp3) is 0.308. The Balaban J connectivity index is 2.52. The number of pyridine rings is 1. The maximum atomic E-state index is 11.5. The summed E-state index contributed by atoms with van der Waals surface area (Å²) in [7, 11) is 0. The van der Waals surface area contributed by atoms with Gasteiger partial charge in [-0.15, -0.1) is 0 Å². The minimum absolute atomic E-state index is 0.126. The Labute approximate surface area is 99.8 Å². The number of aryl methyl sites for hydroxylation is 1. The van der Waals surface area contributed by atoms with Crippen molar-refractivity contribution in [2.24, 2.45) is 0 Å². The molecule has 0 amide bonds. The minimum Gasteiger partial charge on any atom is -0.310 e. The lowest BCUT2D eigenvalue weighted by atomic mass is 10.1. The summed E-state index contributed by atoms with van der Waals surface area (Å²) in [6, 6.07) is 5.33. The first kappa shape index (κ1) is 11.5. The van der Waals surface area contributed by atoms with Gasteiger partial charge in [0.2, 0.25) is 0 Å². The third-order valence-electron chi connectivity index (χ3n) is 2.51. The zero-order chi connectivity index (χ0) is 12.4. The lowest BCUT2D eigenvalue weighted by molar-refractivity contribution is 0.768. The molecule has 4 heteroatoms. The molecule has 0 atom stereocenters. The van der Waals surface area contributed by atoms with Crippen molar-refractivity contribution in [2.45, 2.75) is 26.7 Å². The molecule has 2 aromatic heterocycles. The van der Waals surface area contributed by atoms with Crippen molar-refractivity contribution in [1.29, 1.82) is 0 Å². The van der Waals surface area contributed by atoms with Crippen LogP contribution in [0.5, 0.6) is 0 Å². The Kier molecular flexibility index (Phi) is 3.04. The predicted molar refractivity (Wildman–Crippen MR) is 66.9 cm³/mol. The van der Waals surface area contributed by atoms with E-state index in [0.717, 1.165) is 11.3 Å². The highest BCUT2D eigenvalue weighted by Gasteiger charge is 2.06. The molecule has 0 bridgehead atoms. The van der Waals surface area contributed by atoms with E-state index in [2.05, 4.69) is 15.0 Å². The molecular formula is C13H15N3O. The first-order chi connectivity index (χ1) is 8.06. The molecule has 0 fully saturated rings. The Morgan fingerprint density at radius 2 is 2.06 bits per heavy atom. The topological polar surface area (TPSA) is 58.6 Å². The smallest absolute Gasteiger partial charge is 0.251 e. The third-order valence-corrected chi connectivity index (χ3v) is 2.51. The molecule has 2 heterocycles. The molecule has 0 aromatic carbocycles. The van der Waals surface area contributed by atoms with E-state index >= 15 is 0 Å². The number of rotatable bonds is 2. The summed E-state index contributed by atoms with van der Waals surface area (Å²) in [5.41, 5.74) is 2.36. The van der Waals surface area contributed by atoms with Crippen LogP contribution in [0, 0.1) is 6.92 Å². The average molecular weight is 229 g/mol. The third kappa shape index (κ3) is 2.58. The molecule has 4 nitrogen and oxygen atoms in total. The second-order valence-corrected chi connectivity index (χ2v) is 4.36. The molecule has 2 rings (SSSR count). The second-order valence-electron chi connectivity index (χ2n) is 4.36. The largest absolute Gasteiger partial charge is 0.310 e. The van der Waals surface area contributed by atoms with E-state index in [1.165, 1.54) is 6.07 Å². The fourth-order valence-electron chi connectivity index (χ4n) is 1.52. The lowest BCUT2D eigenvalue weighted by Gasteiger charge is -2.06. The van der Waals surface area contributed by atoms with Crippen LogP contribution in [0.4, 0.5) is 0 Å². The normalized spacial score (nSPS) is 10.8. The van der Waals surface area contributed by atoms with Gasteiger partial charge in [0.1, 0.15) is 5.82 Å². The van der Waals surface area contributed by atoms with Gasteiger partial charge < -0.3 is 4.98 Å². The van der Waals surface area contributed by atoms with Gasteiger partial charge in [-0.1, -0.05) is 13.8 Å². The zero-order valence-electron chi connectivity index (χ0n) is 10.2. The number of nitrogens with one attached hydrogen (secondary N) is 1. The molecule has 0 spiro atoms. The van der Waals surface area contributed by atoms with Gasteiger partial charge in [-0.3, -0.25) is 9.78 Å². The van der Waals surface area contributed by atoms with Gasteiger partial charge in [0.05, 0.1) is 5.69 Å². The van der Waals surface area contributed by atoms with E-state index in [4.69, 9.17) is 0 Å². The van der Waals surface area contributed by atoms with E-state index in [1.807, 2.05) is 32.9 Å². The van der Waals surface area contributed by atoms with E-state index in [0.29, 0.717) is 11.5 Å². The number of hydrogen-bond acceptors (Lipinski definition) is 3. The summed E-state index contributed by atoms with van der Waals surface area (Å²) in [5.74, 6) is 0.897. The fourth-order valence-corrected chi connectivity index (χ4v) is 1.52. The predicted octanol–water partition coefficient (Wildman–Crippen LogP) is 2.26. The summed E-state index contributed by atoms with van der Waals surface area (Å²) in [4.78, 5) is 22.9. The lowest BCUT2D eigenvalue weighted by Crippen LogP contribution is -2.12. The zero-order valence-corrected chi connectivity index (χ0v) is 10.2. The van der Waals surface area contributed by atoms with Crippen molar-refractivity contribution < 1.29 is 0 Å². The molecule has 0 unspecified atom stereocenters. The average Bonchev–Trinajstić information content (AvgIpc) is 2.29. The van der Waals surface area contributed by atoms with Crippen LogP contribution in [0.15, 0.2) is 29.2 Å². The molecule has 0 radical (unpaired) electrons. The Morgan fingerprint density at radius 1 is 1.29 bits per heavy atom. The van der Waals surface area contributed by atoms with Crippen LogP contribution in [0.1, 0.15) is 31.3 Å². The molecule has 0 aliphatic heterocycles. The van der Waals surface area contributed by atoms with Gasteiger partial charge in [-0.2, -0.15) is 0 Å². The SMILES string of the molecule is Cc1ccc(-c2cc(=O)[nH]c(C(C)C)n2)cn1. The van der Waals surface area contributed by atoms with Gasteiger partial charge in [0.25, 0.3) is 5.56 Å². The number of H-pyrrole nitrogens is 1. The van der Waals surface area contributed by atoms with Gasteiger partial charge in [-0.25, -0.2) is 4.98 Å². The molecule has 0 saturated heterocycles. The molecular weight excluding hydrogens is 214 g/mol. The van der Waals surface area contributed by atoms with Crippen molar-refractivity contribution in [1.82, 2.24) is 15.0 Å². The molecule has 0 aliphatic carbocycles.